The number of hydrogen-bond acceptors (Lipinski definition) is 3. The summed E-state index contributed by atoms with van der Waals surface area (Å²) in [7, 11) is 0. The fourth-order valence-corrected chi connectivity index (χ4v) is 2.49. The zero-order valence-electron chi connectivity index (χ0n) is 9.89. The van der Waals surface area contributed by atoms with Gasteiger partial charge in [0.2, 0.25) is 0 Å². The first-order valence-electron chi connectivity index (χ1n) is 6.40. The maximum atomic E-state index is 4.55. The molecule has 2 aromatic heterocycles. The van der Waals surface area contributed by atoms with Crippen LogP contribution in [0.1, 0.15) is 32.1 Å². The molecule has 2 aromatic rings. The standard InChI is InChI=1S/C14H17N3/c1-2-6-12(7-3-1)16-13-9-8-11-5-4-10-15-14(11)17-13/h4-5,8-10,12H,1-3,6-7H2,(H,15,16,17). The van der Waals surface area contributed by atoms with Crippen LogP contribution in [-0.2, 0) is 0 Å². The van der Waals surface area contributed by atoms with Gasteiger partial charge in [0.25, 0.3) is 0 Å². The summed E-state index contributed by atoms with van der Waals surface area (Å²) in [6.45, 7) is 0. The normalized spacial score (nSPS) is 17.2. The Hall–Kier alpha value is -1.64. The van der Waals surface area contributed by atoms with Gasteiger partial charge in [0.15, 0.2) is 5.65 Å². The minimum Gasteiger partial charge on any atom is -0.367 e. The molecule has 1 aliphatic carbocycles. The first-order valence-corrected chi connectivity index (χ1v) is 6.40. The first-order chi connectivity index (χ1) is 8.42. The quantitative estimate of drug-likeness (QED) is 0.854. The molecule has 0 bridgehead atoms. The topological polar surface area (TPSA) is 37.8 Å². The number of hydrogen-bond donors (Lipinski definition) is 1. The lowest BCUT2D eigenvalue weighted by Gasteiger charge is -2.23. The van der Waals surface area contributed by atoms with Crippen LogP contribution in [0.25, 0.3) is 11.0 Å². The minimum absolute atomic E-state index is 0.595. The summed E-state index contributed by atoms with van der Waals surface area (Å²) in [6.07, 6.45) is 8.38. The Morgan fingerprint density at radius 1 is 1.06 bits per heavy atom. The molecule has 0 amide bonds. The second kappa shape index (κ2) is 4.70. The molecule has 1 saturated carbocycles. The van der Waals surface area contributed by atoms with Crippen LogP contribution in [-0.4, -0.2) is 16.0 Å². The SMILES string of the molecule is c1cnc2nc(NC3CCCCC3)ccc2c1. The molecule has 2 heterocycles. The van der Waals surface area contributed by atoms with Crippen LogP contribution in [0.3, 0.4) is 0 Å². The van der Waals surface area contributed by atoms with Crippen LogP contribution in [0.4, 0.5) is 5.82 Å². The van der Waals surface area contributed by atoms with Crippen molar-refractivity contribution in [1.82, 2.24) is 9.97 Å². The molecule has 3 rings (SSSR count). The van der Waals surface area contributed by atoms with Crippen molar-refractivity contribution in [3.63, 3.8) is 0 Å². The highest BCUT2D eigenvalue weighted by Gasteiger charge is 2.13. The molecule has 0 unspecified atom stereocenters. The second-order valence-corrected chi connectivity index (χ2v) is 4.73. The smallest absolute Gasteiger partial charge is 0.161 e. The zero-order valence-corrected chi connectivity index (χ0v) is 9.89. The lowest BCUT2D eigenvalue weighted by Crippen LogP contribution is -2.22. The number of anilines is 1. The highest BCUT2D eigenvalue weighted by molar-refractivity contribution is 5.76. The third kappa shape index (κ3) is 2.38. The summed E-state index contributed by atoms with van der Waals surface area (Å²) in [5.74, 6) is 0.961. The van der Waals surface area contributed by atoms with Gasteiger partial charge in [-0.15, -0.1) is 0 Å². The number of fused-ring (bicyclic) bond motifs is 1. The van der Waals surface area contributed by atoms with Crippen molar-refractivity contribution in [1.29, 1.82) is 0 Å². The number of aromatic nitrogens is 2. The van der Waals surface area contributed by atoms with E-state index in [2.05, 4.69) is 27.4 Å². The molecule has 1 aliphatic rings. The van der Waals surface area contributed by atoms with E-state index in [0.29, 0.717) is 6.04 Å². The number of nitrogens with one attached hydrogen (secondary N) is 1. The molecule has 3 heteroatoms. The average molecular weight is 227 g/mol. The predicted molar refractivity (Wildman–Crippen MR) is 70.0 cm³/mol. The van der Waals surface area contributed by atoms with Crippen LogP contribution in [0.15, 0.2) is 30.5 Å². The van der Waals surface area contributed by atoms with E-state index in [4.69, 9.17) is 0 Å². The number of nitrogens with zero attached hydrogens (tertiary/aromatic N) is 2. The van der Waals surface area contributed by atoms with Gasteiger partial charge in [-0.1, -0.05) is 19.3 Å². The van der Waals surface area contributed by atoms with Crippen LogP contribution >= 0.6 is 0 Å². The number of rotatable bonds is 2. The van der Waals surface area contributed by atoms with Crippen molar-refractivity contribution in [3.05, 3.63) is 30.5 Å². The van der Waals surface area contributed by atoms with Crippen molar-refractivity contribution in [2.75, 3.05) is 5.32 Å². The maximum absolute atomic E-state index is 4.55. The highest BCUT2D eigenvalue weighted by Crippen LogP contribution is 2.21. The molecule has 1 fully saturated rings. The lowest BCUT2D eigenvalue weighted by molar-refractivity contribution is 0.462. The monoisotopic (exact) mass is 227 g/mol. The van der Waals surface area contributed by atoms with Gasteiger partial charge in [-0.2, -0.15) is 0 Å². The number of pyridine rings is 2. The summed E-state index contributed by atoms with van der Waals surface area (Å²) in [5, 5.41) is 4.62. The molecule has 0 saturated heterocycles. The molecule has 0 aliphatic heterocycles. The first kappa shape index (κ1) is 10.5. The van der Waals surface area contributed by atoms with Crippen LogP contribution in [0.5, 0.6) is 0 Å². The van der Waals surface area contributed by atoms with E-state index in [1.165, 1.54) is 32.1 Å². The third-order valence-electron chi connectivity index (χ3n) is 3.42. The van der Waals surface area contributed by atoms with E-state index < -0.39 is 0 Å². The predicted octanol–water partition coefficient (Wildman–Crippen LogP) is 3.37. The van der Waals surface area contributed by atoms with Crippen molar-refractivity contribution < 1.29 is 0 Å². The maximum Gasteiger partial charge on any atom is 0.161 e. The van der Waals surface area contributed by atoms with E-state index in [9.17, 15) is 0 Å². The molecule has 0 radical (unpaired) electrons. The van der Waals surface area contributed by atoms with Gasteiger partial charge < -0.3 is 5.32 Å². The molecule has 3 nitrogen and oxygen atoms in total. The van der Waals surface area contributed by atoms with Crippen molar-refractivity contribution in [2.24, 2.45) is 0 Å². The fourth-order valence-electron chi connectivity index (χ4n) is 2.49. The Bertz CT molecular complexity index is 504. The Kier molecular flexibility index (Phi) is 2.90. The summed E-state index contributed by atoms with van der Waals surface area (Å²) in [6, 6.07) is 8.72. The summed E-state index contributed by atoms with van der Waals surface area (Å²) >= 11 is 0. The fraction of sp³-hybridized carbons (Fsp3) is 0.429. The van der Waals surface area contributed by atoms with Gasteiger partial charge in [-0.25, -0.2) is 9.97 Å². The lowest BCUT2D eigenvalue weighted by atomic mass is 9.95. The van der Waals surface area contributed by atoms with Crippen LogP contribution < -0.4 is 5.32 Å². The van der Waals surface area contributed by atoms with Crippen molar-refractivity contribution in [2.45, 2.75) is 38.1 Å². The van der Waals surface area contributed by atoms with Crippen molar-refractivity contribution >= 4 is 16.9 Å². The molecule has 88 valence electrons. The summed E-state index contributed by atoms with van der Waals surface area (Å²) < 4.78 is 0. The molecule has 0 spiro atoms. The summed E-state index contributed by atoms with van der Waals surface area (Å²) in [4.78, 5) is 8.83. The molecule has 0 atom stereocenters. The van der Waals surface area contributed by atoms with E-state index in [1.807, 2.05) is 12.1 Å². The second-order valence-electron chi connectivity index (χ2n) is 4.73. The summed E-state index contributed by atoms with van der Waals surface area (Å²) in [5.41, 5.74) is 0.827. The minimum atomic E-state index is 0.595. The molecule has 17 heavy (non-hydrogen) atoms. The van der Waals surface area contributed by atoms with Gasteiger partial charge in [0, 0.05) is 17.6 Å². The third-order valence-corrected chi connectivity index (χ3v) is 3.42. The molecular formula is C14H17N3. The molecule has 1 N–H and O–H groups in total. The Morgan fingerprint density at radius 2 is 1.94 bits per heavy atom. The van der Waals surface area contributed by atoms with E-state index in [1.54, 1.807) is 6.20 Å². The largest absolute Gasteiger partial charge is 0.367 e. The highest BCUT2D eigenvalue weighted by atomic mass is 15.0. The Labute approximate surface area is 101 Å². The van der Waals surface area contributed by atoms with Crippen molar-refractivity contribution in [3.8, 4) is 0 Å². The van der Waals surface area contributed by atoms with Gasteiger partial charge in [-0.05, 0) is 37.1 Å². The van der Waals surface area contributed by atoms with Gasteiger partial charge >= 0.3 is 0 Å². The van der Waals surface area contributed by atoms with Crippen LogP contribution in [0, 0.1) is 0 Å². The van der Waals surface area contributed by atoms with Crippen LogP contribution in [0.2, 0.25) is 0 Å². The van der Waals surface area contributed by atoms with Gasteiger partial charge in [0.05, 0.1) is 0 Å². The van der Waals surface area contributed by atoms with E-state index >= 15 is 0 Å². The Morgan fingerprint density at radius 3 is 2.82 bits per heavy atom. The molecular weight excluding hydrogens is 210 g/mol. The zero-order chi connectivity index (χ0) is 11.5. The molecule has 0 aromatic carbocycles. The van der Waals surface area contributed by atoms with E-state index in [0.717, 1.165) is 16.9 Å². The Balaban J connectivity index is 1.80. The average Bonchev–Trinajstić information content (AvgIpc) is 2.40. The van der Waals surface area contributed by atoms with Gasteiger partial charge in [-0.3, -0.25) is 0 Å². The van der Waals surface area contributed by atoms with E-state index in [-0.39, 0.29) is 0 Å². The van der Waals surface area contributed by atoms with Gasteiger partial charge in [0.1, 0.15) is 5.82 Å².